The molecule has 0 unspecified atom stereocenters. The number of benzene rings is 2. The predicted molar refractivity (Wildman–Crippen MR) is 116 cm³/mol. The fourth-order valence-corrected chi connectivity index (χ4v) is 3.61. The summed E-state index contributed by atoms with van der Waals surface area (Å²) in [6.45, 7) is 11.0. The maximum absolute atomic E-state index is 12.9. The molecule has 0 aliphatic carbocycles. The Morgan fingerprint density at radius 2 is 1.68 bits per heavy atom. The molecule has 4 nitrogen and oxygen atoms in total. The van der Waals surface area contributed by atoms with Gasteiger partial charge in [-0.25, -0.2) is 0 Å². The van der Waals surface area contributed by atoms with Gasteiger partial charge in [0.2, 0.25) is 5.91 Å². The topological polar surface area (TPSA) is 51.1 Å². The van der Waals surface area contributed by atoms with Crippen LogP contribution in [-0.4, -0.2) is 10.5 Å². The fraction of sp³-hybridized carbons (Fsp3) is 0.333. The molecule has 0 atom stereocenters. The first kappa shape index (κ1) is 19.9. The Morgan fingerprint density at radius 1 is 1.00 bits per heavy atom. The minimum atomic E-state index is -0.0867. The number of nitrogens with one attached hydrogen (secondary N) is 1. The molecule has 0 radical (unpaired) electrons. The van der Waals surface area contributed by atoms with Crippen molar-refractivity contribution in [1.29, 1.82) is 0 Å². The van der Waals surface area contributed by atoms with Crippen LogP contribution in [0.5, 0.6) is 0 Å². The molecule has 0 spiro atoms. The van der Waals surface area contributed by atoms with E-state index in [1.807, 2.05) is 56.4 Å². The van der Waals surface area contributed by atoms with Gasteiger partial charge in [-0.3, -0.25) is 9.59 Å². The normalized spacial score (nSPS) is 11.6. The van der Waals surface area contributed by atoms with Gasteiger partial charge in [0.05, 0.1) is 6.42 Å². The second kappa shape index (κ2) is 7.63. The molecular formula is C24H28N2O2. The van der Waals surface area contributed by atoms with E-state index in [9.17, 15) is 9.59 Å². The molecule has 1 heterocycles. The number of aromatic nitrogens is 1. The zero-order valence-electron chi connectivity index (χ0n) is 17.3. The maximum Gasteiger partial charge on any atom is 0.258 e. The molecule has 3 rings (SSSR count). The average molecular weight is 377 g/mol. The lowest BCUT2D eigenvalue weighted by Gasteiger charge is -2.20. The summed E-state index contributed by atoms with van der Waals surface area (Å²) in [7, 11) is 0. The van der Waals surface area contributed by atoms with Crippen LogP contribution in [0.3, 0.4) is 0 Å². The first-order valence-corrected chi connectivity index (χ1v) is 9.62. The second-order valence-corrected chi connectivity index (χ2v) is 8.80. The molecule has 28 heavy (non-hydrogen) atoms. The van der Waals surface area contributed by atoms with E-state index in [1.54, 1.807) is 4.57 Å². The Labute approximate surface area is 166 Å². The molecule has 146 valence electrons. The maximum atomic E-state index is 12.9. The quantitative estimate of drug-likeness (QED) is 0.708. The summed E-state index contributed by atoms with van der Waals surface area (Å²) in [6, 6.07) is 13.5. The molecule has 1 N–H and O–H groups in total. The number of fused-ring (bicyclic) bond motifs is 1. The number of hydrogen-bond acceptors (Lipinski definition) is 2. The van der Waals surface area contributed by atoms with Crippen LogP contribution in [0, 0.1) is 19.3 Å². The van der Waals surface area contributed by atoms with Crippen molar-refractivity contribution in [2.45, 2.75) is 47.6 Å². The van der Waals surface area contributed by atoms with Crippen LogP contribution in [0.2, 0.25) is 0 Å². The number of pyridine rings is 1. The fourth-order valence-electron chi connectivity index (χ4n) is 3.61. The van der Waals surface area contributed by atoms with E-state index in [1.165, 1.54) is 0 Å². The summed E-state index contributed by atoms with van der Waals surface area (Å²) in [6.07, 6.45) is 2.12. The summed E-state index contributed by atoms with van der Waals surface area (Å²) in [5.41, 5.74) is 3.93. The highest BCUT2D eigenvalue weighted by molar-refractivity contribution is 6.02. The lowest BCUT2D eigenvalue weighted by Crippen LogP contribution is -2.26. The van der Waals surface area contributed by atoms with Gasteiger partial charge in [-0.2, -0.15) is 0 Å². The molecule has 1 aromatic heterocycles. The average Bonchev–Trinajstić information content (AvgIpc) is 2.55. The minimum Gasteiger partial charge on any atom is -0.325 e. The summed E-state index contributed by atoms with van der Waals surface area (Å²) < 4.78 is 1.74. The van der Waals surface area contributed by atoms with Gasteiger partial charge in [0, 0.05) is 29.2 Å². The van der Waals surface area contributed by atoms with Gasteiger partial charge in [0.25, 0.3) is 5.56 Å². The zero-order chi connectivity index (χ0) is 20.5. The molecule has 0 aliphatic heterocycles. The van der Waals surface area contributed by atoms with Crippen molar-refractivity contribution in [3.05, 3.63) is 75.7 Å². The SMILES string of the molecule is Cc1cc(C)cc(CC(=O)Nc2cccc3c(=O)n(CC(C)(C)C)ccc23)c1. The van der Waals surface area contributed by atoms with Gasteiger partial charge in [-0.05, 0) is 43.0 Å². The van der Waals surface area contributed by atoms with Gasteiger partial charge in [-0.1, -0.05) is 56.2 Å². The van der Waals surface area contributed by atoms with Crippen molar-refractivity contribution in [3.8, 4) is 0 Å². The Kier molecular flexibility index (Phi) is 5.41. The van der Waals surface area contributed by atoms with Gasteiger partial charge >= 0.3 is 0 Å². The number of hydrogen-bond donors (Lipinski definition) is 1. The van der Waals surface area contributed by atoms with Crippen LogP contribution in [0.4, 0.5) is 5.69 Å². The summed E-state index contributed by atoms with van der Waals surface area (Å²) in [4.78, 5) is 25.5. The summed E-state index contributed by atoms with van der Waals surface area (Å²) >= 11 is 0. The van der Waals surface area contributed by atoms with Gasteiger partial charge in [0.15, 0.2) is 0 Å². The van der Waals surface area contributed by atoms with E-state index in [-0.39, 0.29) is 16.9 Å². The van der Waals surface area contributed by atoms with Gasteiger partial charge in [-0.15, -0.1) is 0 Å². The van der Waals surface area contributed by atoms with Crippen molar-refractivity contribution in [3.63, 3.8) is 0 Å². The molecule has 0 bridgehead atoms. The highest BCUT2D eigenvalue weighted by atomic mass is 16.1. The van der Waals surface area contributed by atoms with E-state index in [2.05, 4.69) is 32.2 Å². The number of nitrogens with zero attached hydrogens (tertiary/aromatic N) is 1. The summed E-state index contributed by atoms with van der Waals surface area (Å²) in [5.74, 6) is -0.0867. The van der Waals surface area contributed by atoms with Crippen LogP contribution in [0.1, 0.15) is 37.5 Å². The third-order valence-electron chi connectivity index (χ3n) is 4.58. The molecule has 0 fully saturated rings. The van der Waals surface area contributed by atoms with Crippen molar-refractivity contribution < 1.29 is 4.79 Å². The van der Waals surface area contributed by atoms with Crippen molar-refractivity contribution in [2.75, 3.05) is 5.32 Å². The first-order chi connectivity index (χ1) is 13.1. The van der Waals surface area contributed by atoms with Crippen LogP contribution >= 0.6 is 0 Å². The van der Waals surface area contributed by atoms with E-state index < -0.39 is 0 Å². The Bertz CT molecular complexity index is 1070. The van der Waals surface area contributed by atoms with Crippen LogP contribution < -0.4 is 10.9 Å². The summed E-state index contributed by atoms with van der Waals surface area (Å²) in [5, 5.41) is 4.37. The van der Waals surface area contributed by atoms with Gasteiger partial charge in [0.1, 0.15) is 0 Å². The van der Waals surface area contributed by atoms with E-state index in [4.69, 9.17) is 0 Å². The Hall–Kier alpha value is -2.88. The number of aryl methyl sites for hydroxylation is 2. The van der Waals surface area contributed by atoms with Crippen molar-refractivity contribution in [1.82, 2.24) is 4.57 Å². The number of amides is 1. The third kappa shape index (κ3) is 4.69. The highest BCUT2D eigenvalue weighted by Crippen LogP contribution is 2.22. The minimum absolute atomic E-state index is 0.00920. The van der Waals surface area contributed by atoms with Crippen LogP contribution in [-0.2, 0) is 17.8 Å². The lowest BCUT2D eigenvalue weighted by molar-refractivity contribution is -0.115. The van der Waals surface area contributed by atoms with E-state index >= 15 is 0 Å². The molecule has 4 heteroatoms. The first-order valence-electron chi connectivity index (χ1n) is 9.62. The molecular weight excluding hydrogens is 348 g/mol. The number of anilines is 1. The number of carbonyl (C=O) groups is 1. The molecule has 0 saturated carbocycles. The van der Waals surface area contributed by atoms with Crippen molar-refractivity contribution in [2.24, 2.45) is 5.41 Å². The van der Waals surface area contributed by atoms with Gasteiger partial charge < -0.3 is 9.88 Å². The third-order valence-corrected chi connectivity index (χ3v) is 4.58. The Morgan fingerprint density at radius 3 is 2.32 bits per heavy atom. The molecule has 1 amide bonds. The second-order valence-electron chi connectivity index (χ2n) is 8.80. The Balaban J connectivity index is 1.88. The number of carbonyl (C=O) groups excluding carboxylic acids is 1. The van der Waals surface area contributed by atoms with E-state index in [0.717, 1.165) is 22.1 Å². The van der Waals surface area contributed by atoms with E-state index in [0.29, 0.717) is 24.0 Å². The smallest absolute Gasteiger partial charge is 0.258 e. The van der Waals surface area contributed by atoms with Crippen LogP contribution in [0.15, 0.2) is 53.5 Å². The van der Waals surface area contributed by atoms with Crippen molar-refractivity contribution >= 4 is 22.4 Å². The molecule has 0 saturated heterocycles. The molecule has 2 aromatic carbocycles. The molecule has 0 aliphatic rings. The standard InChI is InChI=1S/C24H28N2O2/c1-16-11-17(2)13-18(12-16)14-22(27)25-21-8-6-7-20-19(21)9-10-26(23(20)28)15-24(3,4)5/h6-13H,14-15H2,1-5H3,(H,25,27). The number of rotatable bonds is 4. The largest absolute Gasteiger partial charge is 0.325 e. The zero-order valence-corrected chi connectivity index (χ0v) is 17.3. The predicted octanol–water partition coefficient (Wildman–Crippen LogP) is 4.85. The monoisotopic (exact) mass is 376 g/mol. The molecule has 3 aromatic rings. The lowest BCUT2D eigenvalue weighted by atomic mass is 9.96. The highest BCUT2D eigenvalue weighted by Gasteiger charge is 2.14. The van der Waals surface area contributed by atoms with Crippen LogP contribution in [0.25, 0.3) is 10.8 Å².